The molecule has 1 aromatic heterocycles. The summed E-state index contributed by atoms with van der Waals surface area (Å²) in [6, 6.07) is 3.74. The first-order chi connectivity index (χ1) is 7.29. The number of aromatic nitrogens is 1. The quantitative estimate of drug-likeness (QED) is 0.713. The molecular weight excluding hydrogens is 267 g/mol. The SMILES string of the molecule is CN(C(=O)OC(C)(C)C)c1ccc([AsH2])cn1. The Morgan fingerprint density at radius 3 is 2.50 bits per heavy atom. The fourth-order valence-electron chi connectivity index (χ4n) is 1.02. The van der Waals surface area contributed by atoms with E-state index in [0.717, 1.165) is 4.35 Å². The van der Waals surface area contributed by atoms with Crippen LogP contribution in [0, 0.1) is 0 Å². The van der Waals surface area contributed by atoms with Gasteiger partial charge in [-0.1, -0.05) is 0 Å². The molecule has 16 heavy (non-hydrogen) atoms. The van der Waals surface area contributed by atoms with Gasteiger partial charge in [-0.25, -0.2) is 0 Å². The fourth-order valence-corrected chi connectivity index (χ4v) is 1.38. The van der Waals surface area contributed by atoms with Gasteiger partial charge in [-0.15, -0.1) is 0 Å². The van der Waals surface area contributed by atoms with E-state index in [0.29, 0.717) is 5.82 Å². The first kappa shape index (κ1) is 13.0. The Hall–Kier alpha value is -1.02. The summed E-state index contributed by atoms with van der Waals surface area (Å²) < 4.78 is 6.35. The second-order valence-corrected chi connectivity index (χ2v) is 5.89. The van der Waals surface area contributed by atoms with Crippen LogP contribution in [-0.2, 0) is 4.74 Å². The van der Waals surface area contributed by atoms with Crippen molar-refractivity contribution >= 4 is 33.1 Å². The summed E-state index contributed by atoms with van der Waals surface area (Å²) in [4.78, 5) is 17.3. The zero-order valence-electron chi connectivity index (χ0n) is 10.0. The van der Waals surface area contributed by atoms with Gasteiger partial charge in [-0.3, -0.25) is 0 Å². The summed E-state index contributed by atoms with van der Waals surface area (Å²) in [5, 5.41) is 0. The first-order valence-electron chi connectivity index (χ1n) is 4.98. The van der Waals surface area contributed by atoms with Crippen LogP contribution in [0.5, 0.6) is 0 Å². The maximum absolute atomic E-state index is 11.7. The summed E-state index contributed by atoms with van der Waals surface area (Å²) in [5.74, 6) is 0.593. The van der Waals surface area contributed by atoms with Crippen molar-refractivity contribution in [1.29, 1.82) is 0 Å². The van der Waals surface area contributed by atoms with Gasteiger partial charge in [0.1, 0.15) is 0 Å². The van der Waals surface area contributed by atoms with E-state index in [1.54, 1.807) is 19.3 Å². The van der Waals surface area contributed by atoms with Crippen molar-refractivity contribution < 1.29 is 9.53 Å². The number of carbonyl (C=O) groups excluding carboxylic acids is 1. The van der Waals surface area contributed by atoms with E-state index in [9.17, 15) is 4.79 Å². The van der Waals surface area contributed by atoms with Crippen LogP contribution in [0.2, 0.25) is 0 Å². The molecule has 1 aromatic rings. The number of carbonyl (C=O) groups is 1. The minimum absolute atomic E-state index is 0.394. The molecule has 0 aliphatic carbocycles. The number of rotatable bonds is 1. The Labute approximate surface area is 104 Å². The Morgan fingerprint density at radius 1 is 1.44 bits per heavy atom. The standard InChI is InChI=1S/C11H17AsN2O2/c1-11(2,3)16-10(15)14(4)9-6-5-8(12)7-13-9/h5-7H,12H2,1-4H3. The van der Waals surface area contributed by atoms with Crippen molar-refractivity contribution in [2.45, 2.75) is 26.4 Å². The molecule has 88 valence electrons. The van der Waals surface area contributed by atoms with Crippen molar-refractivity contribution in [3.05, 3.63) is 18.3 Å². The van der Waals surface area contributed by atoms with Crippen molar-refractivity contribution in [3.8, 4) is 0 Å². The molecule has 0 aliphatic rings. The number of hydrogen-bond donors (Lipinski definition) is 0. The van der Waals surface area contributed by atoms with Gasteiger partial charge < -0.3 is 0 Å². The molecule has 0 saturated heterocycles. The third-order valence-corrected chi connectivity index (χ3v) is 2.50. The Balaban J connectivity index is 2.74. The molecule has 1 heterocycles. The monoisotopic (exact) mass is 284 g/mol. The summed E-state index contributed by atoms with van der Waals surface area (Å²) in [5.41, 5.74) is -0.487. The normalized spacial score (nSPS) is 11.1. The molecule has 0 N–H and O–H groups in total. The molecule has 0 radical (unpaired) electrons. The van der Waals surface area contributed by atoms with Gasteiger partial charge in [-0.05, 0) is 0 Å². The van der Waals surface area contributed by atoms with Crippen LogP contribution in [0.1, 0.15) is 20.8 Å². The van der Waals surface area contributed by atoms with E-state index in [1.165, 1.54) is 21.8 Å². The number of amides is 1. The molecule has 0 fully saturated rings. The summed E-state index contributed by atoms with van der Waals surface area (Å²) in [7, 11) is 1.65. The summed E-state index contributed by atoms with van der Waals surface area (Å²) in [6.07, 6.45) is 1.35. The van der Waals surface area contributed by atoms with Gasteiger partial charge in [0.15, 0.2) is 0 Å². The number of nitrogens with zero attached hydrogens (tertiary/aromatic N) is 2. The van der Waals surface area contributed by atoms with Crippen molar-refractivity contribution in [1.82, 2.24) is 4.98 Å². The molecule has 1 rings (SSSR count). The van der Waals surface area contributed by atoms with Crippen LogP contribution in [0.25, 0.3) is 0 Å². The average molecular weight is 284 g/mol. The molecule has 0 bridgehead atoms. The topological polar surface area (TPSA) is 42.4 Å². The van der Waals surface area contributed by atoms with E-state index < -0.39 is 11.7 Å². The summed E-state index contributed by atoms with van der Waals surface area (Å²) in [6.45, 7) is 5.51. The van der Waals surface area contributed by atoms with E-state index in [4.69, 9.17) is 4.74 Å². The molecule has 0 aromatic carbocycles. The number of ether oxygens (including phenoxy) is 1. The van der Waals surface area contributed by atoms with E-state index in [-0.39, 0.29) is 0 Å². The van der Waals surface area contributed by atoms with Crippen LogP contribution in [0.15, 0.2) is 18.3 Å². The van der Waals surface area contributed by atoms with Gasteiger partial charge in [0.25, 0.3) is 0 Å². The number of anilines is 1. The summed E-state index contributed by atoms with van der Waals surface area (Å²) >= 11 is 1.50. The zero-order valence-corrected chi connectivity index (χ0v) is 12.4. The third-order valence-electron chi connectivity index (χ3n) is 1.78. The maximum atomic E-state index is 11.7. The van der Waals surface area contributed by atoms with Crippen molar-refractivity contribution in [2.24, 2.45) is 0 Å². The minimum atomic E-state index is -0.487. The molecule has 0 aliphatic heterocycles. The fraction of sp³-hybridized carbons (Fsp3) is 0.455. The number of pyridine rings is 1. The van der Waals surface area contributed by atoms with Crippen molar-refractivity contribution in [2.75, 3.05) is 11.9 Å². The predicted octanol–water partition coefficient (Wildman–Crippen LogP) is 0.711. The molecule has 1 unspecified atom stereocenters. The van der Waals surface area contributed by atoms with Gasteiger partial charge in [0, 0.05) is 0 Å². The Bertz CT molecular complexity index is 371. The number of hydrogen-bond acceptors (Lipinski definition) is 3. The zero-order chi connectivity index (χ0) is 12.3. The van der Waals surface area contributed by atoms with Gasteiger partial charge in [0.05, 0.1) is 0 Å². The van der Waals surface area contributed by atoms with E-state index in [1.807, 2.05) is 26.8 Å². The van der Waals surface area contributed by atoms with Crippen LogP contribution in [-0.4, -0.2) is 40.6 Å². The Kier molecular flexibility index (Phi) is 3.97. The molecule has 5 heteroatoms. The van der Waals surface area contributed by atoms with Crippen LogP contribution < -0.4 is 9.25 Å². The van der Waals surface area contributed by atoms with Gasteiger partial charge in [0.2, 0.25) is 0 Å². The molecule has 1 atom stereocenters. The molecule has 0 spiro atoms. The van der Waals surface area contributed by atoms with Crippen molar-refractivity contribution in [3.63, 3.8) is 0 Å². The van der Waals surface area contributed by atoms with Crippen LogP contribution >= 0.6 is 0 Å². The predicted molar refractivity (Wildman–Crippen MR) is 67.1 cm³/mol. The molecular formula is C11H17AsN2O2. The molecule has 4 nitrogen and oxygen atoms in total. The average Bonchev–Trinajstić information content (AvgIpc) is 2.15. The van der Waals surface area contributed by atoms with E-state index in [2.05, 4.69) is 4.98 Å². The van der Waals surface area contributed by atoms with Gasteiger partial charge >= 0.3 is 104 Å². The second-order valence-electron chi connectivity index (χ2n) is 4.49. The van der Waals surface area contributed by atoms with Gasteiger partial charge in [-0.2, -0.15) is 0 Å². The Morgan fingerprint density at radius 2 is 2.06 bits per heavy atom. The first-order valence-corrected chi connectivity index (χ1v) is 6.19. The van der Waals surface area contributed by atoms with Crippen LogP contribution in [0.4, 0.5) is 10.6 Å². The van der Waals surface area contributed by atoms with Crippen LogP contribution in [0.3, 0.4) is 0 Å². The molecule has 1 amide bonds. The molecule has 0 saturated carbocycles. The third kappa shape index (κ3) is 3.86. The second kappa shape index (κ2) is 4.87. The van der Waals surface area contributed by atoms with E-state index >= 15 is 0 Å².